The van der Waals surface area contributed by atoms with Crippen molar-refractivity contribution < 1.29 is 32.3 Å². The molecule has 0 aliphatic rings. The molecule has 0 aliphatic carbocycles. The fourth-order valence-electron chi connectivity index (χ4n) is 1.92. The van der Waals surface area contributed by atoms with Gasteiger partial charge >= 0.3 is 11.9 Å². The minimum absolute atomic E-state index is 0.109. The molecule has 9 heteroatoms. The van der Waals surface area contributed by atoms with Crippen molar-refractivity contribution in [2.45, 2.75) is 6.18 Å². The van der Waals surface area contributed by atoms with Crippen LogP contribution in [0.5, 0.6) is 17.2 Å². The van der Waals surface area contributed by atoms with E-state index in [1.54, 1.807) is 12.1 Å². The first kappa shape index (κ1) is 18.5. The van der Waals surface area contributed by atoms with E-state index in [1.165, 1.54) is 19.2 Å². The monoisotopic (exact) mass is 357 g/mol. The van der Waals surface area contributed by atoms with Crippen molar-refractivity contribution in [3.8, 4) is 17.2 Å². The van der Waals surface area contributed by atoms with Crippen molar-refractivity contribution >= 4 is 5.69 Å². The van der Waals surface area contributed by atoms with E-state index in [-0.39, 0.29) is 12.4 Å². The van der Waals surface area contributed by atoms with Crippen LogP contribution < -0.4 is 9.47 Å². The Labute approximate surface area is 140 Å². The van der Waals surface area contributed by atoms with E-state index >= 15 is 0 Å². The number of benzene rings is 2. The van der Waals surface area contributed by atoms with E-state index in [4.69, 9.17) is 14.2 Å². The van der Waals surface area contributed by atoms with Gasteiger partial charge in [-0.05, 0) is 18.2 Å². The summed E-state index contributed by atoms with van der Waals surface area (Å²) in [5, 5.41) is 11.0. The normalized spacial score (nSPS) is 11.2. The molecule has 0 saturated heterocycles. The highest BCUT2D eigenvalue weighted by atomic mass is 19.4. The Hall–Kier alpha value is -2.81. The summed E-state index contributed by atoms with van der Waals surface area (Å²) >= 11 is 0. The number of methoxy groups -OCH3 is 1. The summed E-state index contributed by atoms with van der Waals surface area (Å²) in [6, 6.07) is 8.02. The summed E-state index contributed by atoms with van der Waals surface area (Å²) in [6.07, 6.45) is -4.64. The average Bonchev–Trinajstić information content (AvgIpc) is 2.54. The minimum atomic E-state index is -4.64. The van der Waals surface area contributed by atoms with Crippen LogP contribution in [-0.2, 0) is 10.9 Å². The Morgan fingerprint density at radius 1 is 1.08 bits per heavy atom. The highest BCUT2D eigenvalue weighted by Gasteiger charge is 2.33. The van der Waals surface area contributed by atoms with Crippen molar-refractivity contribution in [1.29, 1.82) is 0 Å². The number of hydrogen-bond acceptors (Lipinski definition) is 5. The smallest absolute Gasteiger partial charge is 0.416 e. The van der Waals surface area contributed by atoms with E-state index in [2.05, 4.69) is 0 Å². The molecule has 0 aromatic heterocycles. The summed E-state index contributed by atoms with van der Waals surface area (Å²) in [4.78, 5) is 10.2. The van der Waals surface area contributed by atoms with Crippen LogP contribution in [0.1, 0.15) is 5.56 Å². The van der Waals surface area contributed by atoms with Gasteiger partial charge in [-0.25, -0.2) is 0 Å². The molecule has 6 nitrogen and oxygen atoms in total. The Morgan fingerprint density at radius 2 is 1.80 bits per heavy atom. The van der Waals surface area contributed by atoms with Crippen molar-refractivity contribution in [3.63, 3.8) is 0 Å². The van der Waals surface area contributed by atoms with E-state index in [9.17, 15) is 23.3 Å². The fraction of sp³-hybridized carbons (Fsp3) is 0.250. The number of ether oxygens (including phenoxy) is 3. The second-order valence-corrected chi connectivity index (χ2v) is 4.86. The zero-order valence-corrected chi connectivity index (χ0v) is 13.1. The third kappa shape index (κ3) is 5.08. The van der Waals surface area contributed by atoms with E-state index in [0.29, 0.717) is 24.5 Å². The Kier molecular flexibility index (Phi) is 5.81. The molecule has 0 amide bonds. The van der Waals surface area contributed by atoms with E-state index in [1.807, 2.05) is 0 Å². The first-order valence-corrected chi connectivity index (χ1v) is 7.06. The molecule has 2 aromatic carbocycles. The molecule has 2 rings (SSSR count). The molecule has 25 heavy (non-hydrogen) atoms. The number of nitro benzene ring substituents is 1. The summed E-state index contributed by atoms with van der Waals surface area (Å²) in [6.45, 7) is 0.619. The predicted molar refractivity (Wildman–Crippen MR) is 82.0 cm³/mol. The molecule has 0 aliphatic heterocycles. The van der Waals surface area contributed by atoms with Gasteiger partial charge in [-0.2, -0.15) is 13.2 Å². The van der Waals surface area contributed by atoms with Gasteiger partial charge in [0, 0.05) is 25.3 Å². The second-order valence-electron chi connectivity index (χ2n) is 4.86. The minimum Gasteiger partial charge on any atom is -0.491 e. The van der Waals surface area contributed by atoms with Gasteiger partial charge in [0.1, 0.15) is 18.1 Å². The predicted octanol–water partition coefficient (Wildman–Crippen LogP) is 4.43. The van der Waals surface area contributed by atoms with Gasteiger partial charge in [0.05, 0.1) is 17.1 Å². The largest absolute Gasteiger partial charge is 0.491 e. The number of halogens is 3. The molecule has 0 unspecified atom stereocenters. The fourth-order valence-corrected chi connectivity index (χ4v) is 1.92. The maximum Gasteiger partial charge on any atom is 0.416 e. The highest BCUT2D eigenvalue weighted by Crippen LogP contribution is 2.38. The molecule has 2 aromatic rings. The Morgan fingerprint density at radius 3 is 2.44 bits per heavy atom. The lowest BCUT2D eigenvalue weighted by atomic mass is 10.2. The molecule has 0 radical (unpaired) electrons. The van der Waals surface area contributed by atoms with Gasteiger partial charge in [-0.3, -0.25) is 10.1 Å². The van der Waals surface area contributed by atoms with Crippen LogP contribution >= 0.6 is 0 Å². The second kappa shape index (κ2) is 7.84. The highest BCUT2D eigenvalue weighted by molar-refractivity contribution is 5.51. The first-order valence-electron chi connectivity index (χ1n) is 7.06. The van der Waals surface area contributed by atoms with Gasteiger partial charge in [0.25, 0.3) is 0 Å². The molecule has 0 atom stereocenters. The van der Waals surface area contributed by atoms with Gasteiger partial charge in [0.15, 0.2) is 0 Å². The SMILES string of the molecule is COCCOc1cccc(Oc2cc(C(F)(F)F)ccc2[N+](=O)[O-])c1. The summed E-state index contributed by atoms with van der Waals surface area (Å²) in [5.41, 5.74) is -1.61. The molecular formula is C16H14F3NO5. The topological polar surface area (TPSA) is 70.8 Å². The molecule has 134 valence electrons. The van der Waals surface area contributed by atoms with Crippen molar-refractivity contribution in [2.75, 3.05) is 20.3 Å². The van der Waals surface area contributed by atoms with Crippen molar-refractivity contribution in [2.24, 2.45) is 0 Å². The van der Waals surface area contributed by atoms with Gasteiger partial charge in [0.2, 0.25) is 5.75 Å². The van der Waals surface area contributed by atoms with Crippen LogP contribution in [-0.4, -0.2) is 25.2 Å². The number of rotatable bonds is 7. The average molecular weight is 357 g/mol. The number of hydrogen-bond donors (Lipinski definition) is 0. The third-order valence-electron chi connectivity index (χ3n) is 3.07. The Balaban J connectivity index is 2.29. The summed E-state index contributed by atoms with van der Waals surface area (Å²) in [5.74, 6) is -0.00427. The Bertz CT molecular complexity index is 749. The quantitative estimate of drug-likeness (QED) is 0.416. The molecule has 0 bridgehead atoms. The first-order chi connectivity index (χ1) is 11.8. The van der Waals surface area contributed by atoms with Gasteiger partial charge < -0.3 is 14.2 Å². The summed E-state index contributed by atoms with van der Waals surface area (Å²) in [7, 11) is 1.51. The maximum absolute atomic E-state index is 12.8. The number of alkyl halides is 3. The zero-order valence-electron chi connectivity index (χ0n) is 13.1. The van der Waals surface area contributed by atoms with Crippen LogP contribution in [0.4, 0.5) is 18.9 Å². The number of nitrogens with zero attached hydrogens (tertiary/aromatic N) is 1. The van der Waals surface area contributed by atoms with Crippen LogP contribution in [0, 0.1) is 10.1 Å². The van der Waals surface area contributed by atoms with Crippen LogP contribution in [0.3, 0.4) is 0 Å². The molecular weight excluding hydrogens is 343 g/mol. The molecule has 0 heterocycles. The summed E-state index contributed by atoms with van der Waals surface area (Å²) < 4.78 is 54.0. The maximum atomic E-state index is 12.8. The third-order valence-corrected chi connectivity index (χ3v) is 3.07. The standard InChI is InChI=1S/C16H14F3NO5/c1-23-7-8-24-12-3-2-4-13(10-12)25-15-9-11(16(17,18)19)5-6-14(15)20(21)22/h2-6,9-10H,7-8H2,1H3. The zero-order chi connectivity index (χ0) is 18.4. The lowest BCUT2D eigenvalue weighted by Crippen LogP contribution is -2.06. The molecule has 0 N–H and O–H groups in total. The lowest BCUT2D eigenvalue weighted by molar-refractivity contribution is -0.385. The van der Waals surface area contributed by atoms with Crippen LogP contribution in [0.25, 0.3) is 0 Å². The van der Waals surface area contributed by atoms with Crippen molar-refractivity contribution in [3.05, 3.63) is 58.1 Å². The molecule has 0 saturated carbocycles. The number of nitro groups is 1. The van der Waals surface area contributed by atoms with Gasteiger partial charge in [-0.1, -0.05) is 6.07 Å². The molecule has 0 fully saturated rings. The molecule has 0 spiro atoms. The lowest BCUT2D eigenvalue weighted by Gasteiger charge is -2.11. The van der Waals surface area contributed by atoms with E-state index < -0.39 is 28.1 Å². The van der Waals surface area contributed by atoms with Gasteiger partial charge in [-0.15, -0.1) is 0 Å². The van der Waals surface area contributed by atoms with Crippen LogP contribution in [0.2, 0.25) is 0 Å². The van der Waals surface area contributed by atoms with Crippen LogP contribution in [0.15, 0.2) is 42.5 Å². The van der Waals surface area contributed by atoms with Crippen molar-refractivity contribution in [1.82, 2.24) is 0 Å². The van der Waals surface area contributed by atoms with E-state index in [0.717, 1.165) is 6.07 Å².